The van der Waals surface area contributed by atoms with E-state index in [0.717, 1.165) is 0 Å². The summed E-state index contributed by atoms with van der Waals surface area (Å²) in [7, 11) is -12.2. The smallest absolute Gasteiger partial charge is 0.741 e. The minimum atomic E-state index is -6.09. The van der Waals surface area contributed by atoms with Crippen molar-refractivity contribution in [3.63, 3.8) is 0 Å². The summed E-state index contributed by atoms with van der Waals surface area (Å²) >= 11 is 0. The molecule has 0 unspecified atom stereocenters. The van der Waals surface area contributed by atoms with E-state index in [1.165, 1.54) is 193 Å². The summed E-state index contributed by atoms with van der Waals surface area (Å²) in [6.07, 6.45) is 63.0. The van der Waals surface area contributed by atoms with Crippen LogP contribution in [0.5, 0.6) is 0 Å². The first-order valence-corrected chi connectivity index (χ1v) is 34.0. The van der Waals surface area contributed by atoms with Crippen LogP contribution in [0.15, 0.2) is 0 Å². The third-order valence-corrected chi connectivity index (χ3v) is 19.4. The van der Waals surface area contributed by atoms with Crippen LogP contribution in [-0.2, 0) is 41.3 Å². The molecule has 0 radical (unpaired) electrons. The van der Waals surface area contributed by atoms with E-state index in [0.29, 0.717) is 0 Å². The maximum atomic E-state index is 10.7. The van der Waals surface area contributed by atoms with Crippen LogP contribution in [0.1, 0.15) is 273 Å². The zero-order valence-corrected chi connectivity index (χ0v) is 49.5. The van der Waals surface area contributed by atoms with Gasteiger partial charge in [-0.3, -0.25) is 0 Å². The maximum absolute atomic E-state index is 10.7. The van der Waals surface area contributed by atoms with E-state index in [1.807, 2.05) is 0 Å². The van der Waals surface area contributed by atoms with Crippen LogP contribution < -0.4 is 0 Å². The van der Waals surface area contributed by atoms with Crippen molar-refractivity contribution in [3.05, 3.63) is 0 Å². The molecule has 0 rings (SSSR count). The van der Waals surface area contributed by atoms with Crippen LogP contribution in [0.4, 0.5) is 26.3 Å². The van der Waals surface area contributed by atoms with Gasteiger partial charge >= 0.3 is 32.1 Å². The zero-order chi connectivity index (χ0) is 50.9. The Hall–Kier alpha value is 0.948. The van der Waals surface area contributed by atoms with Crippen molar-refractivity contribution in [2.75, 3.05) is 37.0 Å². The molecule has 67 heavy (non-hydrogen) atoms. The van der Waals surface area contributed by atoms with Gasteiger partial charge in [-0.25, -0.2) is 16.8 Å². The summed E-state index contributed by atoms with van der Waals surface area (Å²) in [5.41, 5.74) is -11.3. The second-order valence-electron chi connectivity index (χ2n) is 18.4. The molecule has 0 aromatic rings. The fourth-order valence-electron chi connectivity index (χ4n) is 7.68. The van der Waals surface area contributed by atoms with E-state index in [-0.39, 0.29) is 36.9 Å². The normalized spacial score (nSPS) is 11.9. The monoisotopic (exact) mass is 1240 g/mol. The molecular weight excluding hydrogens is 1130 g/mol. The first-order chi connectivity index (χ1) is 31.2. The van der Waals surface area contributed by atoms with Crippen molar-refractivity contribution in [1.82, 2.24) is 0 Å². The van der Waals surface area contributed by atoms with Crippen LogP contribution >= 0.6 is 15.8 Å². The van der Waals surface area contributed by atoms with Gasteiger partial charge in [-0.15, -0.1) is 0 Å². The fourth-order valence-corrected chi connectivity index (χ4v) is 13.7. The first kappa shape index (κ1) is 76.9. The van der Waals surface area contributed by atoms with Crippen LogP contribution in [0.2, 0.25) is 0 Å². The molecule has 0 atom stereocenters. The molecule has 0 aliphatic carbocycles. The minimum absolute atomic E-state index is 0. The third kappa shape index (κ3) is 63.0. The van der Waals surface area contributed by atoms with Gasteiger partial charge in [0.1, 0.15) is 0 Å². The quantitative estimate of drug-likeness (QED) is 0.0198. The Balaban J connectivity index is -0.000000285. The average molecular weight is 1240 g/mol. The maximum Gasteiger partial charge on any atom is 2.00 e. The van der Waals surface area contributed by atoms with Gasteiger partial charge in [0, 0.05) is 15.8 Å². The van der Waals surface area contributed by atoms with Gasteiger partial charge in [0.2, 0.25) is 0 Å². The number of unbranched alkanes of at least 4 members (excludes halogenated alkanes) is 30. The Bertz CT molecular complexity index is 1020. The molecule has 0 spiro atoms. The third-order valence-electron chi connectivity index (χ3n) is 11.9. The van der Waals surface area contributed by atoms with Gasteiger partial charge in [-0.1, -0.05) is 196 Å². The van der Waals surface area contributed by atoms with Gasteiger partial charge in [0.05, 0.1) is 37.0 Å². The molecule has 0 heterocycles. The predicted molar refractivity (Wildman–Crippen MR) is 278 cm³/mol. The van der Waals surface area contributed by atoms with E-state index in [4.69, 9.17) is 25.9 Å². The second-order valence-corrected chi connectivity index (χ2v) is 27.1. The summed E-state index contributed by atoms with van der Waals surface area (Å²) in [5, 5.41) is 0. The molecule has 6 nitrogen and oxygen atoms in total. The van der Waals surface area contributed by atoms with E-state index in [2.05, 4.69) is 41.5 Å². The largest absolute Gasteiger partial charge is 2.00 e. The molecule has 0 amide bonds. The molecule has 0 aliphatic rings. The van der Waals surface area contributed by atoms with E-state index >= 15 is 0 Å². The van der Waals surface area contributed by atoms with Crippen molar-refractivity contribution >= 4 is 36.1 Å². The van der Waals surface area contributed by atoms with Gasteiger partial charge in [-0.05, 0) is 77.0 Å². The van der Waals surface area contributed by atoms with Crippen LogP contribution in [0.3, 0.4) is 0 Å². The topological polar surface area (TPSA) is 114 Å². The number of hydrogen-bond acceptors (Lipinski definition) is 6. The van der Waals surface area contributed by atoms with Crippen LogP contribution in [0.25, 0.3) is 0 Å². The van der Waals surface area contributed by atoms with Gasteiger partial charge in [0.15, 0.2) is 20.2 Å². The zero-order valence-electron chi connectivity index (χ0n) is 43.5. The number of hydrogen-bond donors (Lipinski definition) is 0. The molecule has 0 bridgehead atoms. The molecule has 0 saturated carbocycles. The Morgan fingerprint density at radius 3 is 0.493 bits per heavy atom. The molecule has 0 aliphatic heterocycles. The van der Waals surface area contributed by atoms with E-state index in [9.17, 15) is 26.3 Å². The van der Waals surface area contributed by atoms with Crippen LogP contribution in [-0.4, -0.2) is 73.9 Å². The van der Waals surface area contributed by atoms with E-state index < -0.39 is 31.3 Å². The van der Waals surface area contributed by atoms with Crippen LogP contribution in [0, 0.1) is 0 Å². The average Bonchev–Trinajstić information content (AvgIpc) is 3.24. The molecule has 0 aromatic heterocycles. The standard InChI is InChI=1S/2C24H51P.2CHF3O3S.Pt/c2*1-4-7-10-13-16-19-22-25(23-20-17-14-11-8-5-2)24-21-18-15-12-9-6-3;2*2-1(3,4)8(5,6)7;/h2*4-24H2,1-3H3;2*(H,5,6,7);/q;;;;+2. The molecular formula is C50H104F6O6P2PtS2+2. The number of halogens is 6. The summed E-state index contributed by atoms with van der Waals surface area (Å²) in [5.74, 6) is 0. The van der Waals surface area contributed by atoms with Crippen molar-refractivity contribution < 1.29 is 73.3 Å². The van der Waals surface area contributed by atoms with Crippen molar-refractivity contribution in [2.24, 2.45) is 0 Å². The van der Waals surface area contributed by atoms with Gasteiger partial charge in [-0.2, -0.15) is 26.3 Å². The fraction of sp³-hybridized carbons (Fsp3) is 1.00. The Labute approximate surface area is 427 Å². The number of rotatable bonds is 42. The molecule has 17 heteroatoms. The Morgan fingerprint density at radius 1 is 0.284 bits per heavy atom. The minimum Gasteiger partial charge on any atom is -0.741 e. The second kappa shape index (κ2) is 54.7. The Morgan fingerprint density at radius 2 is 0.388 bits per heavy atom. The van der Waals surface area contributed by atoms with Gasteiger partial charge < -0.3 is 9.11 Å². The SMILES string of the molecule is CCCCCCCC[PH+](CCCCCCCC)CCCCCCCC.CCCCCCCC[PH+](CCCCCCCC)CCCCCCCC.O=S(=O)([O-])C(F)(F)F.O=S(=O)([O-])C(F)(F)F.[Pt+2]. The van der Waals surface area contributed by atoms with Crippen molar-refractivity contribution in [2.45, 2.75) is 284 Å². The summed E-state index contributed by atoms with van der Waals surface area (Å²) in [6, 6.07) is 0. The van der Waals surface area contributed by atoms with Gasteiger partial charge in [0.25, 0.3) is 0 Å². The molecule has 0 saturated heterocycles. The van der Waals surface area contributed by atoms with Crippen molar-refractivity contribution in [3.8, 4) is 0 Å². The molecule has 412 valence electrons. The molecule has 0 N–H and O–H groups in total. The number of alkyl halides is 6. The molecule has 0 aromatic carbocycles. The predicted octanol–water partition coefficient (Wildman–Crippen LogP) is 18.7. The molecule has 0 fully saturated rings. The first-order valence-electron chi connectivity index (χ1n) is 26.9. The summed E-state index contributed by atoms with van der Waals surface area (Å²) in [6.45, 7) is 13.9. The van der Waals surface area contributed by atoms with Crippen molar-refractivity contribution in [1.29, 1.82) is 0 Å². The van der Waals surface area contributed by atoms with E-state index in [1.54, 1.807) is 75.5 Å². The Kier molecular flexibility index (Phi) is 62.8. The summed E-state index contributed by atoms with van der Waals surface area (Å²) in [4.78, 5) is 0. The summed E-state index contributed by atoms with van der Waals surface area (Å²) < 4.78 is 118.